The van der Waals surface area contributed by atoms with Crippen LogP contribution in [0.2, 0.25) is 0 Å². The first-order valence-corrected chi connectivity index (χ1v) is 12.0. The van der Waals surface area contributed by atoms with E-state index in [0.717, 1.165) is 11.3 Å². The van der Waals surface area contributed by atoms with Gasteiger partial charge in [-0.15, -0.1) is 0 Å². The second kappa shape index (κ2) is 8.64. The number of aromatic nitrogens is 3. The normalized spacial score (nSPS) is 26.2. The van der Waals surface area contributed by atoms with E-state index < -0.39 is 30.1 Å². The van der Waals surface area contributed by atoms with Gasteiger partial charge >= 0.3 is 6.18 Å². The van der Waals surface area contributed by atoms with Crippen molar-refractivity contribution in [2.75, 3.05) is 48.4 Å². The van der Waals surface area contributed by atoms with Gasteiger partial charge in [0.15, 0.2) is 17.4 Å². The van der Waals surface area contributed by atoms with Crippen molar-refractivity contribution < 1.29 is 27.4 Å². The first-order valence-electron chi connectivity index (χ1n) is 12.0. The van der Waals surface area contributed by atoms with Gasteiger partial charge in [-0.1, -0.05) is 0 Å². The number of carbonyl (C=O) groups is 1. The predicted molar refractivity (Wildman–Crippen MR) is 123 cm³/mol. The van der Waals surface area contributed by atoms with E-state index in [1.807, 2.05) is 0 Å². The number of anilines is 3. The van der Waals surface area contributed by atoms with Gasteiger partial charge in [0.2, 0.25) is 5.95 Å². The number of ether oxygens (including phenoxy) is 2. The Kier molecular flexibility index (Phi) is 5.54. The highest BCUT2D eigenvalue weighted by molar-refractivity contribution is 5.99. The SMILES string of the molecule is O=C(CN1c2nc(NC[C@H]3OC[C@@H]4CC43)cc(=O)n2CC[C@H]1C(F)(F)F)c1cnc2c(c1)OCCN2. The molecule has 1 aliphatic carbocycles. The molecule has 1 saturated carbocycles. The van der Waals surface area contributed by atoms with Crippen molar-refractivity contribution in [2.45, 2.75) is 37.7 Å². The first kappa shape index (κ1) is 23.1. The number of halogens is 3. The van der Waals surface area contributed by atoms with Crippen molar-refractivity contribution in [3.05, 3.63) is 34.2 Å². The summed E-state index contributed by atoms with van der Waals surface area (Å²) in [5.41, 5.74) is -0.364. The Morgan fingerprint density at radius 1 is 1.31 bits per heavy atom. The molecule has 2 fully saturated rings. The van der Waals surface area contributed by atoms with Crippen LogP contribution in [0.15, 0.2) is 23.1 Å². The van der Waals surface area contributed by atoms with Crippen molar-refractivity contribution in [3.8, 4) is 5.75 Å². The summed E-state index contributed by atoms with van der Waals surface area (Å²) in [5.74, 6) is 1.28. The van der Waals surface area contributed by atoms with Crippen molar-refractivity contribution in [1.82, 2.24) is 14.5 Å². The van der Waals surface area contributed by atoms with Crippen molar-refractivity contribution in [2.24, 2.45) is 11.8 Å². The monoisotopic (exact) mass is 506 g/mol. The Labute approximate surface area is 203 Å². The third-order valence-corrected chi connectivity index (χ3v) is 7.23. The maximum absolute atomic E-state index is 14.0. The Balaban J connectivity index is 1.28. The van der Waals surface area contributed by atoms with E-state index in [1.165, 1.54) is 22.9 Å². The Hall–Kier alpha value is -3.35. The summed E-state index contributed by atoms with van der Waals surface area (Å²) in [7, 11) is 0. The summed E-state index contributed by atoms with van der Waals surface area (Å²) in [6.07, 6.45) is -2.59. The quantitative estimate of drug-likeness (QED) is 0.568. The highest BCUT2D eigenvalue weighted by Gasteiger charge is 2.49. The standard InChI is InChI=1S/C23H25F3N6O4/c24-23(25,26)18-1-3-31-20(34)7-19(28-9-17-14-5-13(14)11-36-17)30-22(31)32(18)10-15(33)12-6-16-21(29-8-12)27-2-4-35-16/h6-8,13-14,17-18,28H,1-5,9-11H2,(H,27,29)/t13-,14?,17+,18-/m0/s1. The summed E-state index contributed by atoms with van der Waals surface area (Å²) >= 11 is 0. The number of nitrogens with one attached hydrogen (secondary N) is 2. The van der Waals surface area contributed by atoms with Gasteiger partial charge in [0, 0.05) is 30.9 Å². The van der Waals surface area contributed by atoms with Crippen molar-refractivity contribution >= 4 is 23.4 Å². The average molecular weight is 506 g/mol. The van der Waals surface area contributed by atoms with E-state index in [9.17, 15) is 22.8 Å². The van der Waals surface area contributed by atoms with Gasteiger partial charge in [0.25, 0.3) is 5.56 Å². The molecule has 0 spiro atoms. The van der Waals surface area contributed by atoms with E-state index in [4.69, 9.17) is 9.47 Å². The molecule has 2 N–H and O–H groups in total. The van der Waals surface area contributed by atoms with E-state index >= 15 is 0 Å². The molecule has 4 atom stereocenters. The van der Waals surface area contributed by atoms with Crippen LogP contribution >= 0.6 is 0 Å². The fraction of sp³-hybridized carbons (Fsp3) is 0.565. The van der Waals surface area contributed by atoms with Crippen LogP contribution in [0.1, 0.15) is 23.2 Å². The zero-order valence-electron chi connectivity index (χ0n) is 19.3. The molecule has 13 heteroatoms. The minimum absolute atomic E-state index is 0.00981. The summed E-state index contributed by atoms with van der Waals surface area (Å²) in [6, 6.07) is 0.779. The molecule has 0 amide bonds. The molecule has 4 aliphatic rings. The topological polar surface area (TPSA) is 111 Å². The van der Waals surface area contributed by atoms with Gasteiger partial charge < -0.3 is 25.0 Å². The van der Waals surface area contributed by atoms with E-state index in [0.29, 0.717) is 49.7 Å². The lowest BCUT2D eigenvalue weighted by Crippen LogP contribution is -2.54. The molecule has 36 heavy (non-hydrogen) atoms. The summed E-state index contributed by atoms with van der Waals surface area (Å²) < 4.78 is 54.5. The fourth-order valence-electron chi connectivity index (χ4n) is 5.20. The van der Waals surface area contributed by atoms with Gasteiger partial charge in [-0.05, 0) is 30.7 Å². The number of hydrogen-bond acceptors (Lipinski definition) is 9. The molecule has 3 aliphatic heterocycles. The number of pyridine rings is 1. The zero-order chi connectivity index (χ0) is 25.0. The second-order valence-corrected chi connectivity index (χ2v) is 9.59. The summed E-state index contributed by atoms with van der Waals surface area (Å²) in [4.78, 5) is 35.3. The van der Waals surface area contributed by atoms with Crippen molar-refractivity contribution in [3.63, 3.8) is 0 Å². The number of hydrogen-bond donors (Lipinski definition) is 2. The number of ketones is 1. The van der Waals surface area contributed by atoms with Crippen LogP contribution in [0.4, 0.5) is 30.8 Å². The summed E-state index contributed by atoms with van der Waals surface area (Å²) in [6.45, 7) is 1.30. The predicted octanol–water partition coefficient (Wildman–Crippen LogP) is 1.91. The van der Waals surface area contributed by atoms with Crippen LogP contribution in [0.25, 0.3) is 0 Å². The fourth-order valence-corrected chi connectivity index (χ4v) is 5.20. The molecule has 6 rings (SSSR count). The number of Topliss-reactive ketones (excluding diaryl/α,β-unsaturated/α-hetero) is 1. The van der Waals surface area contributed by atoms with E-state index in [1.54, 1.807) is 0 Å². The number of alkyl halides is 3. The van der Waals surface area contributed by atoms with Gasteiger partial charge in [-0.25, -0.2) is 4.98 Å². The maximum atomic E-state index is 14.0. The molecule has 10 nitrogen and oxygen atoms in total. The number of fused-ring (bicyclic) bond motifs is 3. The molecule has 0 radical (unpaired) electrons. The van der Waals surface area contributed by atoms with Gasteiger partial charge in [0.1, 0.15) is 18.5 Å². The van der Waals surface area contributed by atoms with Crippen LogP contribution in [0, 0.1) is 11.8 Å². The molecule has 1 unspecified atom stereocenters. The van der Waals surface area contributed by atoms with Crippen LogP contribution in [0.3, 0.4) is 0 Å². The molecule has 0 aromatic carbocycles. The largest absolute Gasteiger partial charge is 0.488 e. The lowest BCUT2D eigenvalue weighted by molar-refractivity contribution is -0.152. The molecule has 1 saturated heterocycles. The van der Waals surface area contributed by atoms with Crippen molar-refractivity contribution in [1.29, 1.82) is 0 Å². The molecule has 2 aromatic rings. The van der Waals surface area contributed by atoms with Crippen LogP contribution in [0.5, 0.6) is 5.75 Å². The minimum Gasteiger partial charge on any atom is -0.488 e. The Morgan fingerprint density at radius 3 is 2.92 bits per heavy atom. The van der Waals surface area contributed by atoms with Gasteiger partial charge in [0.05, 0.1) is 25.8 Å². The molecule has 192 valence electrons. The highest BCUT2D eigenvalue weighted by Crippen LogP contribution is 2.48. The zero-order valence-corrected chi connectivity index (χ0v) is 19.3. The molecular weight excluding hydrogens is 481 g/mol. The van der Waals surface area contributed by atoms with Crippen LogP contribution in [-0.2, 0) is 11.3 Å². The Morgan fingerprint density at radius 2 is 2.17 bits per heavy atom. The molecule has 0 bridgehead atoms. The third kappa shape index (κ3) is 4.25. The third-order valence-electron chi connectivity index (χ3n) is 7.23. The smallest absolute Gasteiger partial charge is 0.408 e. The summed E-state index contributed by atoms with van der Waals surface area (Å²) in [5, 5.41) is 6.08. The molecule has 5 heterocycles. The molecule has 2 aromatic heterocycles. The van der Waals surface area contributed by atoms with E-state index in [-0.39, 0.29) is 36.4 Å². The molecular formula is C23H25F3N6O4. The highest BCUT2D eigenvalue weighted by atomic mass is 19.4. The van der Waals surface area contributed by atoms with Crippen LogP contribution < -0.4 is 25.8 Å². The van der Waals surface area contributed by atoms with Crippen LogP contribution in [-0.4, -0.2) is 71.5 Å². The number of nitrogens with zero attached hydrogens (tertiary/aromatic N) is 4. The lowest BCUT2D eigenvalue weighted by atomic mass is 10.1. The lowest BCUT2D eigenvalue weighted by Gasteiger charge is -2.38. The van der Waals surface area contributed by atoms with E-state index in [2.05, 4.69) is 20.6 Å². The Bertz CT molecular complexity index is 1250. The van der Waals surface area contributed by atoms with Gasteiger partial charge in [-0.3, -0.25) is 14.2 Å². The number of carbonyl (C=O) groups excluding carboxylic acids is 1. The van der Waals surface area contributed by atoms with Gasteiger partial charge in [-0.2, -0.15) is 18.2 Å². The first-order chi connectivity index (χ1) is 17.3. The average Bonchev–Trinajstić information content (AvgIpc) is 3.53. The maximum Gasteiger partial charge on any atom is 0.408 e. The minimum atomic E-state index is -4.62. The second-order valence-electron chi connectivity index (χ2n) is 9.59. The number of rotatable bonds is 6.